The van der Waals surface area contributed by atoms with Crippen LogP contribution in [0.5, 0.6) is 11.5 Å². The highest BCUT2D eigenvalue weighted by atomic mass is 16.5. The zero-order valence-electron chi connectivity index (χ0n) is 18.0. The first-order valence-electron chi connectivity index (χ1n) is 9.85. The van der Waals surface area contributed by atoms with Gasteiger partial charge in [-0.15, -0.1) is 0 Å². The van der Waals surface area contributed by atoms with Gasteiger partial charge in [-0.2, -0.15) is 0 Å². The zero-order valence-corrected chi connectivity index (χ0v) is 18.0. The van der Waals surface area contributed by atoms with Crippen LogP contribution in [0.15, 0.2) is 40.7 Å². The zero-order chi connectivity index (χ0) is 21.3. The highest BCUT2D eigenvalue weighted by molar-refractivity contribution is 5.94. The Labute approximate surface area is 171 Å². The average molecular weight is 399 g/mol. The Morgan fingerprint density at radius 3 is 2.34 bits per heavy atom. The Hall–Kier alpha value is -2.76. The molecule has 6 heteroatoms. The molecule has 1 N–H and O–H groups in total. The molecular formula is C23H29NO5. The predicted octanol–water partition coefficient (Wildman–Crippen LogP) is 3.87. The van der Waals surface area contributed by atoms with Gasteiger partial charge in [-0.25, -0.2) is 4.79 Å². The lowest BCUT2D eigenvalue weighted by atomic mass is 9.64. The quantitative estimate of drug-likeness (QED) is 0.758. The third-order valence-electron chi connectivity index (χ3n) is 5.59. The molecule has 0 radical (unpaired) electrons. The molecular weight excluding hydrogens is 370 g/mol. The van der Waals surface area contributed by atoms with Gasteiger partial charge in [0.2, 0.25) is 0 Å². The van der Waals surface area contributed by atoms with Crippen LogP contribution in [0.3, 0.4) is 0 Å². The highest BCUT2D eigenvalue weighted by Gasteiger charge is 2.45. The van der Waals surface area contributed by atoms with Crippen LogP contribution in [-0.4, -0.2) is 32.6 Å². The summed E-state index contributed by atoms with van der Waals surface area (Å²) in [5.74, 6) is 0.771. The number of allylic oxidation sites excluding steroid dienone is 3. The topological polar surface area (TPSA) is 73.9 Å². The normalized spacial score (nSPS) is 20.8. The fourth-order valence-electron chi connectivity index (χ4n) is 4.49. The summed E-state index contributed by atoms with van der Waals surface area (Å²) in [7, 11) is 3.20. The van der Waals surface area contributed by atoms with E-state index < -0.39 is 5.41 Å². The molecule has 1 aliphatic heterocycles. The van der Waals surface area contributed by atoms with E-state index in [0.717, 1.165) is 16.8 Å². The highest BCUT2D eigenvalue weighted by Crippen LogP contribution is 2.51. The standard InChI is InChI=1S/C23H29NO5/c1-7-29-22(26)19-13(2)24-18-10-15(25)12-23(3,4)21(18)20(19)14-8-16(27-5)11-17(9-14)28-6/h8-9,11,20,24H,7,10,12H2,1-6H3. The van der Waals surface area contributed by atoms with E-state index in [1.165, 1.54) is 0 Å². The molecule has 156 valence electrons. The summed E-state index contributed by atoms with van der Waals surface area (Å²) >= 11 is 0. The summed E-state index contributed by atoms with van der Waals surface area (Å²) < 4.78 is 16.3. The molecule has 1 unspecified atom stereocenters. The summed E-state index contributed by atoms with van der Waals surface area (Å²) in [4.78, 5) is 25.4. The number of carbonyl (C=O) groups is 2. The summed E-state index contributed by atoms with van der Waals surface area (Å²) in [5, 5.41) is 3.33. The second-order valence-electron chi connectivity index (χ2n) is 8.13. The van der Waals surface area contributed by atoms with Crippen LogP contribution in [0.2, 0.25) is 0 Å². The van der Waals surface area contributed by atoms with E-state index >= 15 is 0 Å². The molecule has 0 aromatic heterocycles. The van der Waals surface area contributed by atoms with Crippen molar-refractivity contribution in [2.24, 2.45) is 5.41 Å². The summed E-state index contributed by atoms with van der Waals surface area (Å²) in [6.45, 7) is 8.04. The van der Waals surface area contributed by atoms with Gasteiger partial charge in [-0.1, -0.05) is 13.8 Å². The first-order valence-corrected chi connectivity index (χ1v) is 9.85. The lowest BCUT2D eigenvalue weighted by Gasteiger charge is -2.43. The minimum absolute atomic E-state index is 0.190. The second kappa shape index (κ2) is 7.93. The van der Waals surface area contributed by atoms with E-state index in [1.807, 2.05) is 19.1 Å². The molecule has 1 aliphatic carbocycles. The van der Waals surface area contributed by atoms with E-state index in [2.05, 4.69) is 19.2 Å². The van der Waals surface area contributed by atoms with Crippen LogP contribution >= 0.6 is 0 Å². The van der Waals surface area contributed by atoms with Crippen molar-refractivity contribution >= 4 is 11.8 Å². The SMILES string of the molecule is CCOC(=O)C1=C(C)NC2=C(C1c1cc(OC)cc(OC)c1)C(C)(C)CC(=O)C2. The number of rotatable bonds is 5. The van der Waals surface area contributed by atoms with Crippen molar-refractivity contribution in [3.63, 3.8) is 0 Å². The van der Waals surface area contributed by atoms with Gasteiger partial charge in [-0.05, 0) is 42.5 Å². The summed E-state index contributed by atoms with van der Waals surface area (Å²) in [5.41, 5.74) is 3.66. The third-order valence-corrected chi connectivity index (χ3v) is 5.59. The molecule has 0 saturated carbocycles. The number of ketones is 1. The number of esters is 1. The maximum Gasteiger partial charge on any atom is 0.336 e. The van der Waals surface area contributed by atoms with Crippen molar-refractivity contribution in [2.45, 2.75) is 46.5 Å². The Balaban J connectivity index is 2.27. The summed E-state index contributed by atoms with van der Waals surface area (Å²) in [6, 6.07) is 5.64. The molecule has 0 spiro atoms. The first-order chi connectivity index (χ1) is 13.7. The van der Waals surface area contributed by atoms with E-state index in [1.54, 1.807) is 27.2 Å². The molecule has 0 amide bonds. The van der Waals surface area contributed by atoms with E-state index in [0.29, 0.717) is 35.6 Å². The Morgan fingerprint density at radius 2 is 1.79 bits per heavy atom. The predicted molar refractivity (Wildman–Crippen MR) is 110 cm³/mol. The van der Waals surface area contributed by atoms with Crippen LogP contribution in [0.4, 0.5) is 0 Å². The Kier molecular flexibility index (Phi) is 5.73. The van der Waals surface area contributed by atoms with Gasteiger partial charge in [0, 0.05) is 36.2 Å². The molecule has 1 aromatic carbocycles. The Bertz CT molecular complexity index is 888. The molecule has 3 rings (SSSR count). The Morgan fingerprint density at radius 1 is 1.17 bits per heavy atom. The minimum atomic E-state index is -0.406. The number of carbonyl (C=O) groups excluding carboxylic acids is 2. The molecule has 1 aromatic rings. The first kappa shape index (κ1) is 21.0. The van der Waals surface area contributed by atoms with Crippen LogP contribution in [0.1, 0.15) is 52.0 Å². The lowest BCUT2D eigenvalue weighted by Crippen LogP contribution is -2.39. The van der Waals surface area contributed by atoms with E-state index in [-0.39, 0.29) is 24.3 Å². The van der Waals surface area contributed by atoms with E-state index in [9.17, 15) is 9.59 Å². The van der Waals surface area contributed by atoms with Gasteiger partial charge in [-0.3, -0.25) is 4.79 Å². The molecule has 29 heavy (non-hydrogen) atoms. The molecule has 2 aliphatic rings. The van der Waals surface area contributed by atoms with Gasteiger partial charge >= 0.3 is 5.97 Å². The summed E-state index contributed by atoms with van der Waals surface area (Å²) in [6.07, 6.45) is 0.768. The largest absolute Gasteiger partial charge is 0.497 e. The fourth-order valence-corrected chi connectivity index (χ4v) is 4.49. The van der Waals surface area contributed by atoms with Crippen LogP contribution < -0.4 is 14.8 Å². The number of benzene rings is 1. The number of hydrogen-bond donors (Lipinski definition) is 1. The number of Topliss-reactive ketones (excluding diaryl/α,β-unsaturated/α-hetero) is 1. The van der Waals surface area contributed by atoms with Crippen LogP contribution in [0.25, 0.3) is 0 Å². The van der Waals surface area contributed by atoms with Crippen molar-refractivity contribution < 1.29 is 23.8 Å². The number of methoxy groups -OCH3 is 2. The lowest BCUT2D eigenvalue weighted by molar-refractivity contribution is -0.138. The van der Waals surface area contributed by atoms with Crippen molar-refractivity contribution in [1.29, 1.82) is 0 Å². The molecule has 1 atom stereocenters. The van der Waals surface area contributed by atoms with Gasteiger partial charge in [0.1, 0.15) is 17.3 Å². The number of ether oxygens (including phenoxy) is 3. The monoisotopic (exact) mass is 399 g/mol. The van der Waals surface area contributed by atoms with Crippen LogP contribution in [-0.2, 0) is 14.3 Å². The maximum absolute atomic E-state index is 13.0. The minimum Gasteiger partial charge on any atom is -0.497 e. The van der Waals surface area contributed by atoms with Gasteiger partial charge in [0.15, 0.2) is 0 Å². The van der Waals surface area contributed by atoms with Crippen molar-refractivity contribution in [2.75, 3.05) is 20.8 Å². The molecule has 0 fully saturated rings. The van der Waals surface area contributed by atoms with Crippen LogP contribution in [0, 0.1) is 5.41 Å². The fraction of sp³-hybridized carbons (Fsp3) is 0.478. The maximum atomic E-state index is 13.0. The van der Waals surface area contributed by atoms with Crippen molar-refractivity contribution in [3.05, 3.63) is 46.3 Å². The number of nitrogens with one attached hydrogen (secondary N) is 1. The van der Waals surface area contributed by atoms with E-state index in [4.69, 9.17) is 14.2 Å². The molecule has 6 nitrogen and oxygen atoms in total. The number of dihydropyridines is 1. The third kappa shape index (κ3) is 3.88. The van der Waals surface area contributed by atoms with Gasteiger partial charge in [0.05, 0.1) is 26.4 Å². The second-order valence-corrected chi connectivity index (χ2v) is 8.13. The van der Waals surface area contributed by atoms with Crippen molar-refractivity contribution in [3.8, 4) is 11.5 Å². The molecule has 0 bridgehead atoms. The smallest absolute Gasteiger partial charge is 0.336 e. The number of hydrogen-bond acceptors (Lipinski definition) is 6. The molecule has 1 heterocycles. The van der Waals surface area contributed by atoms with Gasteiger partial charge in [0.25, 0.3) is 0 Å². The molecule has 0 saturated heterocycles. The average Bonchev–Trinajstić information content (AvgIpc) is 2.65. The van der Waals surface area contributed by atoms with Crippen molar-refractivity contribution in [1.82, 2.24) is 5.32 Å². The van der Waals surface area contributed by atoms with Gasteiger partial charge < -0.3 is 19.5 Å².